The Labute approximate surface area is 148 Å². The fraction of sp³-hybridized carbons (Fsp3) is 0.350. The smallest absolute Gasteiger partial charge is 0.227 e. The van der Waals surface area contributed by atoms with Crippen LogP contribution in [0.5, 0.6) is 0 Å². The van der Waals surface area contributed by atoms with Crippen LogP contribution in [0.15, 0.2) is 48.5 Å². The first-order chi connectivity index (χ1) is 11.4. The van der Waals surface area contributed by atoms with E-state index >= 15 is 0 Å². The highest BCUT2D eigenvalue weighted by Gasteiger charge is 2.32. The summed E-state index contributed by atoms with van der Waals surface area (Å²) >= 11 is 5.91. The van der Waals surface area contributed by atoms with Crippen molar-refractivity contribution in [3.05, 3.63) is 59.1 Å². The minimum Gasteiger partial charge on any atom is -0.377 e. The molecule has 1 aliphatic heterocycles. The third-order valence-corrected chi connectivity index (χ3v) is 4.54. The highest BCUT2D eigenvalue weighted by molar-refractivity contribution is 6.30. The predicted molar refractivity (Wildman–Crippen MR) is 101 cm³/mol. The van der Waals surface area contributed by atoms with E-state index in [1.807, 2.05) is 53.4 Å². The molecule has 2 aromatic carbocycles. The molecule has 1 amide bonds. The van der Waals surface area contributed by atoms with E-state index in [1.165, 1.54) is 5.56 Å². The molecule has 0 unspecified atom stereocenters. The maximum atomic E-state index is 12.8. The van der Waals surface area contributed by atoms with Crippen molar-refractivity contribution in [3.8, 4) is 0 Å². The number of hydrogen-bond acceptors (Lipinski definition) is 2. The van der Waals surface area contributed by atoms with Gasteiger partial charge in [-0.3, -0.25) is 4.79 Å². The first kappa shape index (κ1) is 16.8. The molecule has 0 atom stereocenters. The number of nitrogens with zero attached hydrogens (tertiary/aromatic N) is 1. The Bertz CT molecular complexity index is 725. The Morgan fingerprint density at radius 2 is 1.88 bits per heavy atom. The molecule has 4 heteroatoms. The number of carbonyl (C=O) groups is 1. The Balaban J connectivity index is 1.65. The minimum atomic E-state index is -0.125. The van der Waals surface area contributed by atoms with Gasteiger partial charge in [0.15, 0.2) is 0 Å². The van der Waals surface area contributed by atoms with Crippen molar-refractivity contribution in [2.45, 2.75) is 38.6 Å². The summed E-state index contributed by atoms with van der Waals surface area (Å²) in [4.78, 5) is 14.7. The Morgan fingerprint density at radius 1 is 1.17 bits per heavy atom. The van der Waals surface area contributed by atoms with Crippen molar-refractivity contribution in [1.29, 1.82) is 0 Å². The van der Waals surface area contributed by atoms with Gasteiger partial charge < -0.3 is 10.2 Å². The number of benzene rings is 2. The van der Waals surface area contributed by atoms with Gasteiger partial charge in [-0.15, -0.1) is 0 Å². The summed E-state index contributed by atoms with van der Waals surface area (Å²) in [6.07, 6.45) is 2.28. The lowest BCUT2D eigenvalue weighted by atomic mass is 9.98. The average molecular weight is 343 g/mol. The van der Waals surface area contributed by atoms with Gasteiger partial charge in [-0.2, -0.15) is 0 Å². The molecule has 0 saturated carbocycles. The molecule has 0 saturated heterocycles. The maximum absolute atomic E-state index is 12.8. The van der Waals surface area contributed by atoms with E-state index < -0.39 is 0 Å². The molecule has 3 nitrogen and oxygen atoms in total. The number of para-hydroxylation sites is 2. The quantitative estimate of drug-likeness (QED) is 0.857. The molecule has 0 bridgehead atoms. The van der Waals surface area contributed by atoms with Crippen LogP contribution in [0.4, 0.5) is 11.4 Å². The number of halogens is 1. The van der Waals surface area contributed by atoms with Crippen molar-refractivity contribution in [1.82, 2.24) is 0 Å². The van der Waals surface area contributed by atoms with Gasteiger partial charge in [0.05, 0.1) is 11.4 Å². The molecule has 1 N–H and O–H groups in total. The van der Waals surface area contributed by atoms with E-state index in [1.54, 1.807) is 0 Å². The molecule has 2 aromatic rings. The van der Waals surface area contributed by atoms with Crippen molar-refractivity contribution < 1.29 is 4.79 Å². The first-order valence-electron chi connectivity index (χ1n) is 8.37. The standard InChI is InChI=1S/C20H23ClN2O/c1-20(2)14-23(18-8-4-3-7-17(18)22-20)19(24)9-5-6-15-10-12-16(21)13-11-15/h3-4,7-8,10-13,22H,5-6,9,14H2,1-2H3. The van der Waals surface area contributed by atoms with Crippen LogP contribution in [0.3, 0.4) is 0 Å². The van der Waals surface area contributed by atoms with E-state index in [0.29, 0.717) is 13.0 Å². The Morgan fingerprint density at radius 3 is 2.62 bits per heavy atom. The van der Waals surface area contributed by atoms with E-state index in [9.17, 15) is 4.79 Å². The highest BCUT2D eigenvalue weighted by atomic mass is 35.5. The van der Waals surface area contributed by atoms with Crippen molar-refractivity contribution in [3.63, 3.8) is 0 Å². The lowest BCUT2D eigenvalue weighted by molar-refractivity contribution is -0.118. The topological polar surface area (TPSA) is 32.3 Å². The van der Waals surface area contributed by atoms with Crippen LogP contribution >= 0.6 is 11.6 Å². The Hall–Kier alpha value is -2.00. The molecule has 3 rings (SSSR count). The van der Waals surface area contributed by atoms with Gasteiger partial charge in [0.2, 0.25) is 5.91 Å². The second kappa shape index (κ2) is 6.86. The van der Waals surface area contributed by atoms with Crippen LogP contribution in [0.1, 0.15) is 32.3 Å². The SMILES string of the molecule is CC1(C)CN(C(=O)CCCc2ccc(Cl)cc2)c2ccccc2N1. The molecule has 0 fully saturated rings. The predicted octanol–water partition coefficient (Wildman–Crippen LogP) is 4.90. The zero-order valence-electron chi connectivity index (χ0n) is 14.2. The first-order valence-corrected chi connectivity index (χ1v) is 8.74. The Kier molecular flexibility index (Phi) is 4.81. The molecule has 0 radical (unpaired) electrons. The number of nitrogens with one attached hydrogen (secondary N) is 1. The van der Waals surface area contributed by atoms with Gasteiger partial charge in [-0.1, -0.05) is 35.9 Å². The normalized spacial score (nSPS) is 15.5. The maximum Gasteiger partial charge on any atom is 0.227 e. The van der Waals surface area contributed by atoms with E-state index in [-0.39, 0.29) is 11.4 Å². The lowest BCUT2D eigenvalue weighted by Crippen LogP contribution is -2.50. The van der Waals surface area contributed by atoms with Gasteiger partial charge in [0, 0.05) is 23.5 Å². The van der Waals surface area contributed by atoms with Crippen molar-refractivity contribution in [2.24, 2.45) is 0 Å². The molecule has 126 valence electrons. The lowest BCUT2D eigenvalue weighted by Gasteiger charge is -2.41. The number of amides is 1. The molecular formula is C20H23ClN2O. The largest absolute Gasteiger partial charge is 0.377 e. The van der Waals surface area contributed by atoms with E-state index in [4.69, 9.17) is 11.6 Å². The third-order valence-electron chi connectivity index (χ3n) is 4.29. The third kappa shape index (κ3) is 3.90. The van der Waals surface area contributed by atoms with Crippen LogP contribution in [0.2, 0.25) is 5.02 Å². The van der Waals surface area contributed by atoms with Gasteiger partial charge in [-0.05, 0) is 56.5 Å². The van der Waals surface area contributed by atoms with Gasteiger partial charge >= 0.3 is 0 Å². The summed E-state index contributed by atoms with van der Waals surface area (Å²) in [5, 5.41) is 4.25. The minimum absolute atomic E-state index is 0.125. The molecule has 0 spiro atoms. The fourth-order valence-electron chi connectivity index (χ4n) is 3.15. The summed E-state index contributed by atoms with van der Waals surface area (Å²) in [6, 6.07) is 15.9. The van der Waals surface area contributed by atoms with E-state index in [0.717, 1.165) is 29.2 Å². The molecular weight excluding hydrogens is 320 g/mol. The van der Waals surface area contributed by atoms with Gasteiger partial charge in [0.1, 0.15) is 0 Å². The second-order valence-corrected chi connectivity index (χ2v) is 7.42. The summed E-state index contributed by atoms with van der Waals surface area (Å²) in [6.45, 7) is 4.93. The van der Waals surface area contributed by atoms with Crippen molar-refractivity contribution >= 4 is 28.9 Å². The summed E-state index contributed by atoms with van der Waals surface area (Å²) < 4.78 is 0. The summed E-state index contributed by atoms with van der Waals surface area (Å²) in [5.74, 6) is 0.186. The van der Waals surface area contributed by atoms with E-state index in [2.05, 4.69) is 19.2 Å². The van der Waals surface area contributed by atoms with Gasteiger partial charge in [0.25, 0.3) is 0 Å². The average Bonchev–Trinajstić information content (AvgIpc) is 2.55. The number of aryl methyl sites for hydroxylation is 1. The molecule has 0 aromatic heterocycles. The van der Waals surface area contributed by atoms with Crippen LogP contribution in [-0.2, 0) is 11.2 Å². The number of hydrogen-bond donors (Lipinski definition) is 1. The highest BCUT2D eigenvalue weighted by Crippen LogP contribution is 2.34. The summed E-state index contributed by atoms with van der Waals surface area (Å²) in [5.41, 5.74) is 3.10. The van der Waals surface area contributed by atoms with Crippen molar-refractivity contribution in [2.75, 3.05) is 16.8 Å². The number of rotatable bonds is 4. The summed E-state index contributed by atoms with van der Waals surface area (Å²) in [7, 11) is 0. The van der Waals surface area contributed by atoms with Crippen LogP contribution in [0, 0.1) is 0 Å². The zero-order chi connectivity index (χ0) is 17.2. The molecule has 1 heterocycles. The second-order valence-electron chi connectivity index (χ2n) is 6.99. The number of carbonyl (C=O) groups excluding carboxylic acids is 1. The fourth-order valence-corrected chi connectivity index (χ4v) is 3.28. The zero-order valence-corrected chi connectivity index (χ0v) is 14.9. The number of fused-ring (bicyclic) bond motifs is 1. The van der Waals surface area contributed by atoms with Crippen LogP contribution < -0.4 is 10.2 Å². The number of anilines is 2. The van der Waals surface area contributed by atoms with Gasteiger partial charge in [-0.25, -0.2) is 0 Å². The monoisotopic (exact) mass is 342 g/mol. The molecule has 1 aliphatic rings. The molecule has 24 heavy (non-hydrogen) atoms. The van der Waals surface area contributed by atoms with Crippen LogP contribution in [-0.4, -0.2) is 18.0 Å². The van der Waals surface area contributed by atoms with Crippen LogP contribution in [0.25, 0.3) is 0 Å². The molecule has 0 aliphatic carbocycles.